The van der Waals surface area contributed by atoms with Crippen molar-refractivity contribution in [3.8, 4) is 17.2 Å². The van der Waals surface area contributed by atoms with Crippen molar-refractivity contribution in [2.24, 2.45) is 4.99 Å². The van der Waals surface area contributed by atoms with Crippen molar-refractivity contribution in [3.63, 3.8) is 0 Å². The number of ether oxygens (including phenoxy) is 3. The molecule has 4 rings (SSSR count). The van der Waals surface area contributed by atoms with Crippen LogP contribution in [-0.4, -0.2) is 49.8 Å². The summed E-state index contributed by atoms with van der Waals surface area (Å²) in [5, 5.41) is 0.723. The number of nitrogens with zero attached hydrogens (tertiary/aromatic N) is 3. The first kappa shape index (κ1) is 19.2. The Morgan fingerprint density at radius 1 is 1.03 bits per heavy atom. The fourth-order valence-electron chi connectivity index (χ4n) is 3.25. The molecule has 2 aromatic carbocycles. The lowest BCUT2D eigenvalue weighted by Crippen LogP contribution is -2.46. The second-order valence-electron chi connectivity index (χ2n) is 6.41. The van der Waals surface area contributed by atoms with Crippen LogP contribution in [0.1, 0.15) is 5.56 Å². The topological polar surface area (TPSA) is 63.6 Å². The molecule has 7 nitrogen and oxygen atoms in total. The second-order valence-corrected chi connectivity index (χ2v) is 7.32. The molecule has 0 unspecified atom stereocenters. The number of hydrogen-bond donors (Lipinski definition) is 0. The van der Waals surface area contributed by atoms with E-state index in [1.807, 2.05) is 30.3 Å². The van der Waals surface area contributed by atoms with Gasteiger partial charge in [0, 0.05) is 5.69 Å². The van der Waals surface area contributed by atoms with Gasteiger partial charge >= 0.3 is 0 Å². The average Bonchev–Trinajstić information content (AvgIpc) is 3.08. The van der Waals surface area contributed by atoms with Crippen molar-refractivity contribution >= 4 is 34.6 Å². The number of anilines is 1. The summed E-state index contributed by atoms with van der Waals surface area (Å²) in [5.41, 5.74) is 2.21. The van der Waals surface area contributed by atoms with Crippen molar-refractivity contribution in [3.05, 3.63) is 53.7 Å². The molecule has 1 saturated heterocycles. The van der Waals surface area contributed by atoms with Gasteiger partial charge in [0.05, 0.1) is 27.2 Å². The van der Waals surface area contributed by atoms with E-state index in [1.165, 1.54) is 0 Å². The second kappa shape index (κ2) is 8.08. The maximum Gasteiger partial charge on any atom is 0.280 e. The smallest absolute Gasteiger partial charge is 0.280 e. The van der Waals surface area contributed by atoms with Gasteiger partial charge in [-0.15, -0.1) is 0 Å². The van der Waals surface area contributed by atoms with Crippen molar-refractivity contribution in [2.75, 3.05) is 38.8 Å². The van der Waals surface area contributed by atoms with Gasteiger partial charge < -0.3 is 19.1 Å². The molecule has 2 aromatic rings. The minimum Gasteiger partial charge on any atom is -0.493 e. The van der Waals surface area contributed by atoms with Crippen molar-refractivity contribution in [1.29, 1.82) is 0 Å². The van der Waals surface area contributed by atoms with Crippen molar-refractivity contribution in [1.82, 2.24) is 4.90 Å². The van der Waals surface area contributed by atoms with Crippen LogP contribution in [-0.2, 0) is 4.79 Å². The van der Waals surface area contributed by atoms with Gasteiger partial charge in [-0.3, -0.25) is 9.69 Å². The number of amidine groups is 1. The summed E-state index contributed by atoms with van der Waals surface area (Å²) in [7, 11) is 4.67. The van der Waals surface area contributed by atoms with Crippen LogP contribution in [0.3, 0.4) is 0 Å². The first-order valence-electron chi connectivity index (χ1n) is 8.99. The normalized spacial score (nSPS) is 17.3. The molecule has 0 radical (unpaired) electrons. The summed E-state index contributed by atoms with van der Waals surface area (Å²) in [6.07, 6.45) is 1.74. The summed E-state index contributed by atoms with van der Waals surface area (Å²) in [6.45, 7) is 0.473. The van der Waals surface area contributed by atoms with Gasteiger partial charge in [0.2, 0.25) is 5.75 Å². The summed E-state index contributed by atoms with van der Waals surface area (Å²) >= 11 is 1.55. The number of benzene rings is 2. The molecular weight excluding hydrogens is 390 g/mol. The SMILES string of the molecule is COc1cc(/C=C2\N=C3SCN(c4ccccc4)CN3C2=O)cc(OC)c1OC. The van der Waals surface area contributed by atoms with Crippen LogP contribution in [0, 0.1) is 0 Å². The Labute approximate surface area is 173 Å². The highest BCUT2D eigenvalue weighted by Crippen LogP contribution is 2.39. The van der Waals surface area contributed by atoms with E-state index in [0.717, 1.165) is 22.3 Å². The molecule has 0 bridgehead atoms. The van der Waals surface area contributed by atoms with E-state index in [-0.39, 0.29) is 5.91 Å². The molecule has 1 amide bonds. The number of thioether (sulfide) groups is 1. The highest BCUT2D eigenvalue weighted by Gasteiger charge is 2.35. The molecule has 0 N–H and O–H groups in total. The van der Waals surface area contributed by atoms with Crippen LogP contribution >= 0.6 is 11.8 Å². The van der Waals surface area contributed by atoms with Crippen LogP contribution < -0.4 is 19.1 Å². The van der Waals surface area contributed by atoms with Crippen molar-refractivity contribution < 1.29 is 19.0 Å². The fraction of sp³-hybridized carbons (Fsp3) is 0.238. The largest absolute Gasteiger partial charge is 0.493 e. The van der Waals surface area contributed by atoms with E-state index in [1.54, 1.807) is 56.2 Å². The molecule has 0 spiro atoms. The number of methoxy groups -OCH3 is 3. The lowest BCUT2D eigenvalue weighted by Gasteiger charge is -2.34. The highest BCUT2D eigenvalue weighted by molar-refractivity contribution is 8.14. The van der Waals surface area contributed by atoms with E-state index in [4.69, 9.17) is 14.2 Å². The van der Waals surface area contributed by atoms with Gasteiger partial charge in [-0.1, -0.05) is 30.0 Å². The molecule has 1 fully saturated rings. The zero-order valence-corrected chi connectivity index (χ0v) is 17.2. The summed E-state index contributed by atoms with van der Waals surface area (Å²) in [5.74, 6) is 2.18. The Hall–Kier alpha value is -3.13. The fourth-order valence-corrected chi connectivity index (χ4v) is 4.21. The van der Waals surface area contributed by atoms with Crippen molar-refractivity contribution in [2.45, 2.75) is 0 Å². The van der Waals surface area contributed by atoms with Crippen LogP contribution in [0.2, 0.25) is 0 Å². The number of aliphatic imine (C=N–C) groups is 1. The summed E-state index contributed by atoms with van der Waals surface area (Å²) in [4.78, 5) is 21.4. The third-order valence-electron chi connectivity index (χ3n) is 4.68. The maximum absolute atomic E-state index is 13.0. The molecule has 2 heterocycles. The van der Waals surface area contributed by atoms with Gasteiger partial charge in [0.25, 0.3) is 5.91 Å². The van der Waals surface area contributed by atoms with Crippen LogP contribution in [0.4, 0.5) is 5.69 Å². The molecule has 0 aliphatic carbocycles. The Bertz CT molecular complexity index is 966. The molecule has 8 heteroatoms. The van der Waals surface area contributed by atoms with Gasteiger partial charge in [0.15, 0.2) is 16.7 Å². The minimum absolute atomic E-state index is 0.123. The van der Waals surface area contributed by atoms with E-state index in [0.29, 0.717) is 29.6 Å². The van der Waals surface area contributed by atoms with E-state index in [2.05, 4.69) is 9.89 Å². The molecule has 0 aromatic heterocycles. The molecule has 2 aliphatic rings. The molecule has 2 aliphatic heterocycles. The van der Waals surface area contributed by atoms with E-state index >= 15 is 0 Å². The molecule has 0 saturated carbocycles. The predicted octanol–water partition coefficient (Wildman–Crippen LogP) is 3.42. The standard InChI is InChI=1S/C21H21N3O4S/c1-26-17-10-14(11-18(27-2)19(17)28-3)9-16-20(25)24-12-23(13-29-21(24)22-16)15-7-5-4-6-8-15/h4-11H,12-13H2,1-3H3/b16-9-. The predicted molar refractivity (Wildman–Crippen MR) is 115 cm³/mol. The third kappa shape index (κ3) is 3.63. The first-order valence-corrected chi connectivity index (χ1v) is 9.98. The van der Waals surface area contributed by atoms with Gasteiger partial charge in [-0.05, 0) is 35.9 Å². The van der Waals surface area contributed by atoms with E-state index in [9.17, 15) is 4.79 Å². The van der Waals surface area contributed by atoms with Gasteiger partial charge in [-0.2, -0.15) is 0 Å². The Morgan fingerprint density at radius 2 is 1.72 bits per heavy atom. The lowest BCUT2D eigenvalue weighted by atomic mass is 10.1. The number of amides is 1. The van der Waals surface area contributed by atoms with Crippen LogP contribution in [0.25, 0.3) is 6.08 Å². The maximum atomic E-state index is 13.0. The zero-order chi connectivity index (χ0) is 20.4. The number of fused-ring (bicyclic) bond motifs is 1. The minimum atomic E-state index is -0.123. The number of para-hydroxylation sites is 1. The number of carbonyl (C=O) groups excluding carboxylic acids is 1. The number of carbonyl (C=O) groups is 1. The van der Waals surface area contributed by atoms with Gasteiger partial charge in [0.1, 0.15) is 12.4 Å². The number of hydrogen-bond acceptors (Lipinski definition) is 7. The molecular formula is C21H21N3O4S. The summed E-state index contributed by atoms with van der Waals surface area (Å²) < 4.78 is 16.1. The molecule has 29 heavy (non-hydrogen) atoms. The lowest BCUT2D eigenvalue weighted by molar-refractivity contribution is -0.122. The Balaban J connectivity index is 1.61. The van der Waals surface area contributed by atoms with Crippen LogP contribution in [0.15, 0.2) is 53.2 Å². The Morgan fingerprint density at radius 3 is 2.34 bits per heavy atom. The number of rotatable bonds is 5. The summed E-state index contributed by atoms with van der Waals surface area (Å²) in [6, 6.07) is 13.6. The highest BCUT2D eigenvalue weighted by atomic mass is 32.2. The third-order valence-corrected chi connectivity index (χ3v) is 5.70. The molecule has 0 atom stereocenters. The monoisotopic (exact) mass is 411 g/mol. The van der Waals surface area contributed by atoms with Gasteiger partial charge in [-0.25, -0.2) is 4.99 Å². The van der Waals surface area contributed by atoms with Crippen LogP contribution in [0.5, 0.6) is 17.2 Å². The molecule has 150 valence electrons. The average molecular weight is 411 g/mol. The first-order chi connectivity index (χ1) is 14.1. The zero-order valence-electron chi connectivity index (χ0n) is 16.4. The quantitative estimate of drug-likeness (QED) is 0.703. The van der Waals surface area contributed by atoms with E-state index < -0.39 is 0 Å². The Kier molecular flexibility index (Phi) is 5.35.